The molecule has 0 atom stereocenters. The van der Waals surface area contributed by atoms with E-state index in [4.69, 9.17) is 24.5 Å². The van der Waals surface area contributed by atoms with Crippen LogP contribution < -0.4 is 10.1 Å². The Morgan fingerprint density at radius 2 is 1.93 bits per heavy atom. The molecule has 0 aliphatic rings. The number of carbonyl (C=O) groups is 1. The molecule has 13 heteroatoms. The highest BCUT2D eigenvalue weighted by Gasteiger charge is 2.24. The second-order valence-corrected chi connectivity index (χ2v) is 18.5. The number of hydrogen-bond acceptors (Lipinski definition) is 7. The molecule has 5 aromatic rings. The Bertz CT molecular complexity index is 1780. The van der Waals surface area contributed by atoms with Crippen LogP contribution >= 0.6 is 0 Å². The second kappa shape index (κ2) is 12.4. The van der Waals surface area contributed by atoms with Gasteiger partial charge in [-0.3, -0.25) is 14.5 Å². The van der Waals surface area contributed by atoms with Crippen LogP contribution in [-0.4, -0.2) is 62.0 Å². The Morgan fingerprint density at radius 3 is 2.61 bits per heavy atom. The largest absolute Gasteiger partial charge is 0.435 e. The third-order valence-electron chi connectivity index (χ3n) is 6.77. The molecule has 0 spiro atoms. The minimum absolute atomic E-state index is 0.00409. The normalized spacial score (nSPS) is 12.4. The number of nitrogens with zero attached hydrogens (tertiary/aromatic N) is 6. The van der Waals surface area contributed by atoms with Gasteiger partial charge in [-0.15, -0.1) is 0 Å². The lowest BCUT2D eigenvalue weighted by molar-refractivity contribution is -0.0497. The summed E-state index contributed by atoms with van der Waals surface area (Å²) in [7, 11) is -1.28. The minimum atomic E-state index is -2.98. The number of alkyl halides is 2. The summed E-state index contributed by atoms with van der Waals surface area (Å²) in [6.07, 6.45) is 6.70. The molecular formula is C31H37F2N7O3Si. The van der Waals surface area contributed by atoms with E-state index in [9.17, 15) is 13.6 Å². The summed E-state index contributed by atoms with van der Waals surface area (Å²) in [5.41, 5.74) is 3.13. The van der Waals surface area contributed by atoms with Crippen molar-refractivity contribution in [1.29, 1.82) is 0 Å². The molecule has 232 valence electrons. The van der Waals surface area contributed by atoms with Gasteiger partial charge in [-0.05, 0) is 56.6 Å². The minimum Gasteiger partial charge on any atom is -0.435 e. The molecule has 0 fully saturated rings. The average molecular weight is 622 g/mol. The van der Waals surface area contributed by atoms with Gasteiger partial charge in [0.25, 0.3) is 5.91 Å². The molecule has 1 amide bonds. The highest BCUT2D eigenvalue weighted by molar-refractivity contribution is 6.76. The van der Waals surface area contributed by atoms with Crippen LogP contribution in [0.4, 0.5) is 8.78 Å². The van der Waals surface area contributed by atoms with E-state index in [0.29, 0.717) is 52.2 Å². The lowest BCUT2D eigenvalue weighted by atomic mass is 10.1. The van der Waals surface area contributed by atoms with Crippen LogP contribution in [0.1, 0.15) is 36.7 Å². The molecule has 4 aromatic heterocycles. The number of hydrogen-bond donors (Lipinski definition) is 1. The predicted molar refractivity (Wildman–Crippen MR) is 168 cm³/mol. The summed E-state index contributed by atoms with van der Waals surface area (Å²) in [5, 5.41) is 8.38. The smallest absolute Gasteiger partial charge is 0.387 e. The van der Waals surface area contributed by atoms with E-state index in [-0.39, 0.29) is 18.4 Å². The third-order valence-corrected chi connectivity index (χ3v) is 8.47. The molecule has 5 rings (SSSR count). The van der Waals surface area contributed by atoms with Crippen LogP contribution in [0.3, 0.4) is 0 Å². The van der Waals surface area contributed by atoms with Gasteiger partial charge < -0.3 is 19.4 Å². The van der Waals surface area contributed by atoms with Gasteiger partial charge in [0.2, 0.25) is 0 Å². The zero-order valence-electron chi connectivity index (χ0n) is 25.8. The van der Waals surface area contributed by atoms with Crippen LogP contribution in [0.2, 0.25) is 25.7 Å². The number of nitrogens with one attached hydrogen (secondary N) is 1. The molecule has 0 bridgehead atoms. The van der Waals surface area contributed by atoms with E-state index in [1.54, 1.807) is 40.1 Å². The standard InChI is InChI=1S/C31H37F2N7O3Si/c1-31(2,3)37-29(41)23-18-39(19-42-12-13-44(4,5)6)28-27(23)36-24(16-35-28)26-22-14-21(43-30(32)33)9-10-25(22)40(38-26)17-20-8-7-11-34-15-20/h7-11,14-16,18,30H,12-13,17,19H2,1-6H3,(H,37,41). The molecular weight excluding hydrogens is 584 g/mol. The van der Waals surface area contributed by atoms with Crippen LogP contribution in [0.5, 0.6) is 5.75 Å². The van der Waals surface area contributed by atoms with E-state index in [2.05, 4.69) is 29.9 Å². The molecule has 10 nitrogen and oxygen atoms in total. The van der Waals surface area contributed by atoms with Crippen molar-refractivity contribution in [2.24, 2.45) is 0 Å². The van der Waals surface area contributed by atoms with Crippen LogP contribution in [0.15, 0.2) is 55.1 Å². The monoisotopic (exact) mass is 621 g/mol. The Hall–Kier alpha value is -4.23. The van der Waals surface area contributed by atoms with E-state index >= 15 is 0 Å². The third kappa shape index (κ3) is 7.45. The van der Waals surface area contributed by atoms with Crippen molar-refractivity contribution in [2.45, 2.75) is 71.9 Å². The number of halogens is 2. The Morgan fingerprint density at radius 1 is 1.14 bits per heavy atom. The number of aromatic nitrogens is 6. The number of amides is 1. The highest BCUT2D eigenvalue weighted by Crippen LogP contribution is 2.32. The molecule has 1 aromatic carbocycles. The van der Waals surface area contributed by atoms with Gasteiger partial charge >= 0.3 is 6.61 Å². The molecule has 0 aliphatic carbocycles. The first kappa shape index (κ1) is 31.2. The molecule has 0 unspecified atom stereocenters. The summed E-state index contributed by atoms with van der Waals surface area (Å²) in [6, 6.07) is 9.44. The van der Waals surface area contributed by atoms with Gasteiger partial charge in [-0.25, -0.2) is 9.97 Å². The van der Waals surface area contributed by atoms with Crippen molar-refractivity contribution in [3.8, 4) is 17.1 Å². The molecule has 44 heavy (non-hydrogen) atoms. The Balaban J connectivity index is 1.60. The van der Waals surface area contributed by atoms with Gasteiger partial charge in [0.05, 0.1) is 23.8 Å². The summed E-state index contributed by atoms with van der Waals surface area (Å²) in [5.74, 6) is -0.301. The second-order valence-electron chi connectivity index (χ2n) is 12.9. The van der Waals surface area contributed by atoms with Gasteiger partial charge in [-0.1, -0.05) is 25.7 Å². The molecule has 0 radical (unpaired) electrons. The van der Waals surface area contributed by atoms with E-state index in [1.807, 2.05) is 32.9 Å². The SMILES string of the molecule is CC(C)(C)NC(=O)c1cn(COCC[Si](C)(C)C)c2ncc(-c3nn(Cc4cccnc4)c4ccc(OC(F)F)cc34)nc12. The first-order valence-corrected chi connectivity index (χ1v) is 18.1. The summed E-state index contributed by atoms with van der Waals surface area (Å²) in [4.78, 5) is 27.2. The summed E-state index contributed by atoms with van der Waals surface area (Å²) in [6.45, 7) is 10.8. The first-order valence-electron chi connectivity index (χ1n) is 14.4. The van der Waals surface area contributed by atoms with Gasteiger partial charge in [0.15, 0.2) is 5.65 Å². The Kier molecular flexibility index (Phi) is 8.80. The fraction of sp³-hybridized carbons (Fsp3) is 0.387. The van der Waals surface area contributed by atoms with Gasteiger partial charge in [-0.2, -0.15) is 13.9 Å². The maximum atomic E-state index is 13.4. The molecule has 0 saturated carbocycles. The average Bonchev–Trinajstić information content (AvgIpc) is 3.48. The van der Waals surface area contributed by atoms with Crippen molar-refractivity contribution in [3.05, 3.63) is 66.2 Å². The highest BCUT2D eigenvalue weighted by atomic mass is 28.3. The van der Waals surface area contributed by atoms with Crippen molar-refractivity contribution in [2.75, 3.05) is 6.61 Å². The van der Waals surface area contributed by atoms with Crippen molar-refractivity contribution in [1.82, 2.24) is 34.6 Å². The molecule has 1 N–H and O–H groups in total. The molecule has 0 aliphatic heterocycles. The van der Waals surface area contributed by atoms with Gasteiger partial charge in [0, 0.05) is 44.2 Å². The van der Waals surface area contributed by atoms with Crippen LogP contribution in [0, 0.1) is 0 Å². The quantitative estimate of drug-likeness (QED) is 0.136. The number of rotatable bonds is 11. The van der Waals surface area contributed by atoms with Crippen molar-refractivity contribution in [3.63, 3.8) is 0 Å². The summed E-state index contributed by atoms with van der Waals surface area (Å²) < 4.78 is 40.4. The molecule has 4 heterocycles. The van der Waals surface area contributed by atoms with E-state index < -0.39 is 20.2 Å². The maximum Gasteiger partial charge on any atom is 0.387 e. The lowest BCUT2D eigenvalue weighted by Gasteiger charge is -2.20. The predicted octanol–water partition coefficient (Wildman–Crippen LogP) is 6.33. The maximum absolute atomic E-state index is 13.4. The number of benzene rings is 1. The number of carbonyl (C=O) groups excluding carboxylic acids is 1. The lowest BCUT2D eigenvalue weighted by Crippen LogP contribution is -2.40. The van der Waals surface area contributed by atoms with E-state index in [1.165, 1.54) is 12.1 Å². The van der Waals surface area contributed by atoms with Crippen LogP contribution in [0.25, 0.3) is 33.5 Å². The van der Waals surface area contributed by atoms with Gasteiger partial charge in [0.1, 0.15) is 29.4 Å². The molecule has 0 saturated heterocycles. The van der Waals surface area contributed by atoms with E-state index in [0.717, 1.165) is 11.6 Å². The van der Waals surface area contributed by atoms with Crippen molar-refractivity contribution >= 4 is 36.0 Å². The Labute approximate surface area is 255 Å². The van der Waals surface area contributed by atoms with Crippen molar-refractivity contribution < 1.29 is 23.0 Å². The number of ether oxygens (including phenoxy) is 2. The zero-order valence-corrected chi connectivity index (χ0v) is 26.8. The fourth-order valence-corrected chi connectivity index (χ4v) is 5.45. The number of pyridine rings is 1. The zero-order chi connectivity index (χ0) is 31.6. The van der Waals surface area contributed by atoms with Crippen LogP contribution in [-0.2, 0) is 18.0 Å². The summed E-state index contributed by atoms with van der Waals surface area (Å²) >= 11 is 0. The first-order chi connectivity index (χ1) is 20.8. The fourth-order valence-electron chi connectivity index (χ4n) is 4.69. The number of fused-ring (bicyclic) bond motifs is 2. The topological polar surface area (TPSA) is 109 Å².